The monoisotopic (exact) mass is 402 g/mol. The molecule has 2 aromatic carbocycles. The van der Waals surface area contributed by atoms with Crippen LogP contribution in [0.5, 0.6) is 11.5 Å². The molecule has 0 aliphatic heterocycles. The van der Waals surface area contributed by atoms with Gasteiger partial charge in [0.05, 0.1) is 12.8 Å². The second-order valence-corrected chi connectivity index (χ2v) is 6.72. The van der Waals surface area contributed by atoms with Crippen LogP contribution in [0.3, 0.4) is 0 Å². The first-order valence-corrected chi connectivity index (χ1v) is 9.57. The van der Waals surface area contributed by atoms with E-state index in [1.165, 1.54) is 0 Å². The normalized spacial score (nSPS) is 10.7. The van der Waals surface area contributed by atoms with Crippen LogP contribution < -0.4 is 14.8 Å². The Morgan fingerprint density at radius 1 is 1.00 bits per heavy atom. The van der Waals surface area contributed by atoms with Gasteiger partial charge in [0.15, 0.2) is 18.1 Å². The number of hydrogen-bond acceptors (Lipinski definition) is 5. The molecule has 4 aromatic rings. The summed E-state index contributed by atoms with van der Waals surface area (Å²) in [5.74, 6) is 2.02. The highest BCUT2D eigenvalue weighted by molar-refractivity contribution is 5.77. The molecule has 7 heteroatoms. The highest BCUT2D eigenvalue weighted by atomic mass is 16.5. The van der Waals surface area contributed by atoms with Crippen LogP contribution in [0.2, 0.25) is 0 Å². The van der Waals surface area contributed by atoms with Gasteiger partial charge in [0.2, 0.25) is 0 Å². The number of nitrogens with one attached hydrogen (secondary N) is 1. The Balaban J connectivity index is 1.53. The van der Waals surface area contributed by atoms with Gasteiger partial charge >= 0.3 is 0 Å². The van der Waals surface area contributed by atoms with Crippen molar-refractivity contribution >= 4 is 11.6 Å². The molecule has 4 rings (SSSR count). The van der Waals surface area contributed by atoms with E-state index in [2.05, 4.69) is 10.3 Å². The van der Waals surface area contributed by atoms with Gasteiger partial charge in [0, 0.05) is 19.0 Å². The molecule has 0 aliphatic carbocycles. The summed E-state index contributed by atoms with van der Waals surface area (Å²) in [6.07, 6.45) is 0.597. The number of rotatable bonds is 7. The summed E-state index contributed by atoms with van der Waals surface area (Å²) in [5.41, 5.74) is 3.86. The fourth-order valence-corrected chi connectivity index (χ4v) is 3.11. The van der Waals surface area contributed by atoms with Gasteiger partial charge in [-0.15, -0.1) is 0 Å². The van der Waals surface area contributed by atoms with Crippen molar-refractivity contribution in [2.24, 2.45) is 0 Å². The van der Waals surface area contributed by atoms with Crippen LogP contribution in [0.4, 0.5) is 0 Å². The smallest absolute Gasteiger partial charge is 0.257 e. The van der Waals surface area contributed by atoms with Gasteiger partial charge in [-0.2, -0.15) is 5.10 Å². The van der Waals surface area contributed by atoms with Crippen LogP contribution in [0, 0.1) is 0 Å². The Hall–Kier alpha value is -3.87. The molecule has 0 saturated heterocycles. The third-order valence-electron chi connectivity index (χ3n) is 4.72. The minimum Gasteiger partial charge on any atom is -0.497 e. The number of aromatic nitrogens is 3. The summed E-state index contributed by atoms with van der Waals surface area (Å²) < 4.78 is 12.5. The molecule has 30 heavy (non-hydrogen) atoms. The first kappa shape index (κ1) is 19.4. The van der Waals surface area contributed by atoms with Gasteiger partial charge < -0.3 is 14.8 Å². The molecule has 1 amide bonds. The molecule has 0 aliphatic rings. The first-order valence-electron chi connectivity index (χ1n) is 9.57. The van der Waals surface area contributed by atoms with Crippen molar-refractivity contribution in [1.82, 2.24) is 19.9 Å². The van der Waals surface area contributed by atoms with Crippen LogP contribution in [0.15, 0.2) is 66.7 Å². The average molecular weight is 402 g/mol. The predicted octanol–water partition coefficient (Wildman–Crippen LogP) is 3.12. The topological polar surface area (TPSA) is 77.8 Å². The predicted molar refractivity (Wildman–Crippen MR) is 114 cm³/mol. The van der Waals surface area contributed by atoms with Crippen molar-refractivity contribution in [2.75, 3.05) is 20.8 Å². The summed E-state index contributed by atoms with van der Waals surface area (Å²) >= 11 is 0. The number of nitrogens with zero attached hydrogens (tertiary/aromatic N) is 3. The fraction of sp³-hybridized carbons (Fsp3) is 0.174. The highest BCUT2D eigenvalue weighted by Crippen LogP contribution is 2.23. The molecule has 7 nitrogen and oxygen atoms in total. The Labute approximate surface area is 174 Å². The number of benzene rings is 2. The maximum Gasteiger partial charge on any atom is 0.257 e. The quantitative estimate of drug-likeness (QED) is 0.514. The Bertz CT molecular complexity index is 1150. The lowest BCUT2D eigenvalue weighted by atomic mass is 10.1. The van der Waals surface area contributed by atoms with Crippen molar-refractivity contribution in [3.05, 3.63) is 78.1 Å². The second-order valence-electron chi connectivity index (χ2n) is 6.72. The van der Waals surface area contributed by atoms with E-state index in [4.69, 9.17) is 14.6 Å². The molecular weight excluding hydrogens is 380 g/mol. The molecule has 0 atom stereocenters. The molecule has 0 spiro atoms. The van der Waals surface area contributed by atoms with Gasteiger partial charge in [-0.25, -0.2) is 9.50 Å². The third-order valence-corrected chi connectivity index (χ3v) is 4.72. The fourth-order valence-electron chi connectivity index (χ4n) is 3.11. The number of amides is 1. The van der Waals surface area contributed by atoms with E-state index < -0.39 is 0 Å². The number of carbonyl (C=O) groups is 1. The minimum atomic E-state index is -0.166. The lowest BCUT2D eigenvalue weighted by Gasteiger charge is -2.06. The summed E-state index contributed by atoms with van der Waals surface area (Å²) in [6.45, 7) is -0.00201. The maximum atomic E-state index is 11.3. The zero-order valence-electron chi connectivity index (χ0n) is 16.8. The lowest BCUT2D eigenvalue weighted by Crippen LogP contribution is -2.24. The third kappa shape index (κ3) is 4.25. The Kier molecular flexibility index (Phi) is 5.61. The highest BCUT2D eigenvalue weighted by Gasteiger charge is 2.10. The Morgan fingerprint density at radius 3 is 2.43 bits per heavy atom. The van der Waals surface area contributed by atoms with Crippen molar-refractivity contribution in [3.63, 3.8) is 0 Å². The largest absolute Gasteiger partial charge is 0.497 e. The van der Waals surface area contributed by atoms with E-state index in [1.807, 2.05) is 71.2 Å². The van der Waals surface area contributed by atoms with Crippen LogP contribution in [0.1, 0.15) is 11.4 Å². The number of methoxy groups -OCH3 is 1. The number of fused-ring (bicyclic) bond motifs is 1. The second kappa shape index (κ2) is 8.65. The number of carbonyl (C=O) groups excluding carboxylic acids is 1. The SMILES string of the molecule is CNC(=O)COc1ccc(Cc2nc3cccc(-c4ccc(OC)cc4)n3n2)cc1. The molecule has 0 radical (unpaired) electrons. The lowest BCUT2D eigenvalue weighted by molar-refractivity contribution is -0.122. The van der Waals surface area contributed by atoms with Gasteiger partial charge in [-0.1, -0.05) is 18.2 Å². The van der Waals surface area contributed by atoms with Crippen LogP contribution in [-0.4, -0.2) is 41.3 Å². The van der Waals surface area contributed by atoms with Gasteiger partial charge in [0.25, 0.3) is 5.91 Å². The standard InChI is InChI=1S/C23H22N4O3/c1-24-23(28)15-30-19-10-6-16(7-11-19)14-21-25-22-5-3-4-20(27(22)26-21)17-8-12-18(29-2)13-9-17/h3-13H,14-15H2,1-2H3,(H,24,28). The summed E-state index contributed by atoms with van der Waals surface area (Å²) in [4.78, 5) is 15.9. The molecule has 0 unspecified atom stereocenters. The number of pyridine rings is 1. The molecule has 152 valence electrons. The average Bonchev–Trinajstić information content (AvgIpc) is 3.21. The molecule has 2 aromatic heterocycles. The van der Waals surface area contributed by atoms with Crippen molar-refractivity contribution < 1.29 is 14.3 Å². The molecule has 2 heterocycles. The van der Waals surface area contributed by atoms with Gasteiger partial charge in [-0.05, 0) is 54.1 Å². The molecule has 0 fully saturated rings. The van der Waals surface area contributed by atoms with E-state index in [0.29, 0.717) is 12.2 Å². The van der Waals surface area contributed by atoms with E-state index in [9.17, 15) is 4.79 Å². The van der Waals surface area contributed by atoms with Crippen LogP contribution >= 0.6 is 0 Å². The van der Waals surface area contributed by atoms with E-state index in [1.54, 1.807) is 14.2 Å². The van der Waals surface area contributed by atoms with Gasteiger partial charge in [0.1, 0.15) is 11.5 Å². The van der Waals surface area contributed by atoms with Crippen molar-refractivity contribution in [2.45, 2.75) is 6.42 Å². The van der Waals surface area contributed by atoms with Crippen LogP contribution in [0.25, 0.3) is 16.9 Å². The summed E-state index contributed by atoms with van der Waals surface area (Å²) in [6, 6.07) is 21.4. The zero-order chi connectivity index (χ0) is 20.9. The van der Waals surface area contributed by atoms with Crippen molar-refractivity contribution in [1.29, 1.82) is 0 Å². The molecule has 0 saturated carbocycles. The number of ether oxygens (including phenoxy) is 2. The van der Waals surface area contributed by atoms with Crippen molar-refractivity contribution in [3.8, 4) is 22.8 Å². The van der Waals surface area contributed by atoms with E-state index in [-0.39, 0.29) is 12.5 Å². The van der Waals surface area contributed by atoms with E-state index >= 15 is 0 Å². The number of likely N-dealkylation sites (N-methyl/N-ethyl adjacent to an activating group) is 1. The zero-order valence-corrected chi connectivity index (χ0v) is 16.8. The Morgan fingerprint density at radius 2 is 1.73 bits per heavy atom. The van der Waals surface area contributed by atoms with Crippen LogP contribution in [-0.2, 0) is 11.2 Å². The summed E-state index contributed by atoms with van der Waals surface area (Å²) in [7, 11) is 3.23. The minimum absolute atomic E-state index is 0.00201. The number of hydrogen-bond donors (Lipinski definition) is 1. The first-order chi connectivity index (χ1) is 14.7. The molecular formula is C23H22N4O3. The van der Waals surface area contributed by atoms with E-state index in [0.717, 1.165) is 34.0 Å². The van der Waals surface area contributed by atoms with Gasteiger partial charge in [-0.3, -0.25) is 4.79 Å². The maximum absolute atomic E-state index is 11.3. The summed E-state index contributed by atoms with van der Waals surface area (Å²) in [5, 5.41) is 7.24. The molecule has 0 bridgehead atoms. The molecule has 1 N–H and O–H groups in total.